The van der Waals surface area contributed by atoms with Crippen molar-refractivity contribution in [3.63, 3.8) is 0 Å². The van der Waals surface area contributed by atoms with Crippen LogP contribution in [0.4, 0.5) is 0 Å². The number of aromatic amines is 1. The fourth-order valence-corrected chi connectivity index (χ4v) is 4.01. The molecule has 0 saturated heterocycles. The lowest BCUT2D eigenvalue weighted by Gasteiger charge is -2.25. The van der Waals surface area contributed by atoms with E-state index in [2.05, 4.69) is 64.9 Å². The lowest BCUT2D eigenvalue weighted by atomic mass is 9.93. The minimum absolute atomic E-state index is 0.201. The summed E-state index contributed by atoms with van der Waals surface area (Å²) in [7, 11) is 1.72. The molecule has 0 fully saturated rings. The van der Waals surface area contributed by atoms with Gasteiger partial charge in [0.15, 0.2) is 0 Å². The van der Waals surface area contributed by atoms with Gasteiger partial charge in [-0.3, -0.25) is 0 Å². The normalized spacial score (nSPS) is 16.9. The van der Waals surface area contributed by atoms with Gasteiger partial charge in [-0.05, 0) is 52.6 Å². The van der Waals surface area contributed by atoms with Gasteiger partial charge in [-0.2, -0.15) is 0 Å². The maximum Gasteiger partial charge on any atom is 0.119 e. The van der Waals surface area contributed by atoms with E-state index in [0.717, 1.165) is 18.7 Å². The molecule has 0 amide bonds. The van der Waals surface area contributed by atoms with Gasteiger partial charge in [-0.1, -0.05) is 36.4 Å². The van der Waals surface area contributed by atoms with Crippen molar-refractivity contribution in [1.82, 2.24) is 10.3 Å². The summed E-state index contributed by atoms with van der Waals surface area (Å²) in [5.41, 5.74) is 5.18. The van der Waals surface area contributed by atoms with E-state index in [1.165, 1.54) is 38.5 Å². The zero-order valence-corrected chi connectivity index (χ0v) is 14.2. The summed E-state index contributed by atoms with van der Waals surface area (Å²) in [6.07, 6.45) is 1.03. The summed E-state index contributed by atoms with van der Waals surface area (Å²) in [5.74, 6) is 0.912. The number of nitrogens with one attached hydrogen (secondary N) is 2. The molecule has 1 unspecified atom stereocenters. The maximum atomic E-state index is 5.41. The van der Waals surface area contributed by atoms with Crippen molar-refractivity contribution in [2.75, 3.05) is 13.7 Å². The van der Waals surface area contributed by atoms with Gasteiger partial charge >= 0.3 is 0 Å². The minimum Gasteiger partial charge on any atom is -0.497 e. The highest BCUT2D eigenvalue weighted by Gasteiger charge is 2.25. The molecular weight excluding hydrogens is 308 g/mol. The average Bonchev–Trinajstić information content (AvgIpc) is 3.05. The monoisotopic (exact) mass is 328 g/mol. The molecule has 3 heteroatoms. The van der Waals surface area contributed by atoms with Crippen molar-refractivity contribution < 1.29 is 4.74 Å². The van der Waals surface area contributed by atoms with Crippen LogP contribution in [0.3, 0.4) is 0 Å². The predicted octanol–water partition coefficient (Wildman–Crippen LogP) is 4.56. The molecule has 124 valence electrons. The van der Waals surface area contributed by atoms with E-state index in [1.54, 1.807) is 7.11 Å². The molecule has 0 saturated carbocycles. The number of hydrogen-bond donors (Lipinski definition) is 2. The van der Waals surface area contributed by atoms with Gasteiger partial charge in [0.1, 0.15) is 5.75 Å². The van der Waals surface area contributed by atoms with Crippen LogP contribution < -0.4 is 10.1 Å². The zero-order chi connectivity index (χ0) is 16.8. The van der Waals surface area contributed by atoms with Crippen molar-refractivity contribution in [2.24, 2.45) is 0 Å². The molecule has 0 spiro atoms. The smallest absolute Gasteiger partial charge is 0.119 e. The molecule has 5 rings (SSSR count). The molecule has 1 aliphatic rings. The summed E-state index contributed by atoms with van der Waals surface area (Å²) in [5, 5.41) is 7.53. The van der Waals surface area contributed by atoms with Crippen LogP contribution >= 0.6 is 0 Å². The van der Waals surface area contributed by atoms with Gasteiger partial charge in [0.2, 0.25) is 0 Å². The van der Waals surface area contributed by atoms with Gasteiger partial charge < -0.3 is 15.0 Å². The molecule has 0 bridgehead atoms. The molecule has 3 nitrogen and oxygen atoms in total. The van der Waals surface area contributed by atoms with Gasteiger partial charge in [0.05, 0.1) is 13.2 Å². The Kier molecular flexibility index (Phi) is 3.28. The van der Waals surface area contributed by atoms with Gasteiger partial charge in [-0.25, -0.2) is 0 Å². The standard InChI is InChI=1S/C22H20N2O/c1-25-17-8-9-20-19(13-17)18-10-11-23-21(22(18)24-20)16-7-6-14-4-2-3-5-15(14)12-16/h2-9,12-13,21,23-24H,10-11H2,1H3. The van der Waals surface area contributed by atoms with Crippen molar-refractivity contribution >= 4 is 21.7 Å². The second-order valence-electron chi connectivity index (χ2n) is 6.67. The van der Waals surface area contributed by atoms with Crippen LogP contribution in [0.25, 0.3) is 21.7 Å². The molecule has 2 heterocycles. The van der Waals surface area contributed by atoms with Gasteiger partial charge in [0.25, 0.3) is 0 Å². The number of fused-ring (bicyclic) bond motifs is 4. The number of aromatic nitrogens is 1. The van der Waals surface area contributed by atoms with Crippen LogP contribution in [-0.2, 0) is 6.42 Å². The largest absolute Gasteiger partial charge is 0.497 e. The van der Waals surface area contributed by atoms with E-state index in [0.29, 0.717) is 0 Å². The van der Waals surface area contributed by atoms with Crippen LogP contribution in [0.15, 0.2) is 60.7 Å². The number of hydrogen-bond acceptors (Lipinski definition) is 2. The topological polar surface area (TPSA) is 37.0 Å². The van der Waals surface area contributed by atoms with E-state index in [-0.39, 0.29) is 6.04 Å². The second kappa shape index (κ2) is 5.64. The van der Waals surface area contributed by atoms with Crippen LogP contribution in [0.5, 0.6) is 5.75 Å². The van der Waals surface area contributed by atoms with E-state index in [9.17, 15) is 0 Å². The predicted molar refractivity (Wildman–Crippen MR) is 102 cm³/mol. The molecule has 0 radical (unpaired) electrons. The van der Waals surface area contributed by atoms with E-state index < -0.39 is 0 Å². The molecule has 1 aromatic heterocycles. The lowest BCUT2D eigenvalue weighted by Crippen LogP contribution is -2.30. The average molecular weight is 328 g/mol. The first-order chi connectivity index (χ1) is 12.3. The SMILES string of the molecule is COc1ccc2[nH]c3c(c2c1)CCNC3c1ccc2ccccc2c1. The summed E-state index contributed by atoms with van der Waals surface area (Å²) >= 11 is 0. The molecule has 1 atom stereocenters. The fraction of sp³-hybridized carbons (Fsp3) is 0.182. The molecule has 0 aliphatic carbocycles. The van der Waals surface area contributed by atoms with Crippen molar-refractivity contribution in [3.8, 4) is 5.75 Å². The molecule has 3 aromatic carbocycles. The summed E-state index contributed by atoms with van der Waals surface area (Å²) < 4.78 is 5.41. The zero-order valence-electron chi connectivity index (χ0n) is 14.2. The third-order valence-corrected chi connectivity index (χ3v) is 5.27. The Morgan fingerprint density at radius 1 is 0.960 bits per heavy atom. The van der Waals surface area contributed by atoms with Crippen LogP contribution in [-0.4, -0.2) is 18.6 Å². The van der Waals surface area contributed by atoms with Crippen LogP contribution in [0.1, 0.15) is 22.9 Å². The lowest BCUT2D eigenvalue weighted by molar-refractivity contribution is 0.415. The number of rotatable bonds is 2. The first-order valence-corrected chi connectivity index (χ1v) is 8.74. The first kappa shape index (κ1) is 14.6. The number of ether oxygens (including phenoxy) is 1. The molecular formula is C22H20N2O. The first-order valence-electron chi connectivity index (χ1n) is 8.74. The summed E-state index contributed by atoms with van der Waals surface area (Å²) in [4.78, 5) is 3.65. The number of H-pyrrole nitrogens is 1. The van der Waals surface area contributed by atoms with Crippen LogP contribution in [0, 0.1) is 0 Å². The number of methoxy groups -OCH3 is 1. The Morgan fingerprint density at radius 2 is 1.84 bits per heavy atom. The molecule has 4 aromatic rings. The highest BCUT2D eigenvalue weighted by atomic mass is 16.5. The van der Waals surface area contributed by atoms with E-state index in [1.807, 2.05) is 6.07 Å². The third kappa shape index (κ3) is 2.31. The summed E-state index contributed by atoms with van der Waals surface area (Å²) in [6, 6.07) is 21.8. The molecule has 1 aliphatic heterocycles. The van der Waals surface area contributed by atoms with Crippen LogP contribution in [0.2, 0.25) is 0 Å². The Hall–Kier alpha value is -2.78. The highest BCUT2D eigenvalue weighted by molar-refractivity contribution is 5.87. The quantitative estimate of drug-likeness (QED) is 0.566. The minimum atomic E-state index is 0.201. The highest BCUT2D eigenvalue weighted by Crippen LogP contribution is 2.35. The van der Waals surface area contributed by atoms with Gasteiger partial charge in [-0.15, -0.1) is 0 Å². The van der Waals surface area contributed by atoms with Gasteiger partial charge in [0, 0.05) is 23.1 Å². The van der Waals surface area contributed by atoms with Crippen molar-refractivity contribution in [1.29, 1.82) is 0 Å². The second-order valence-corrected chi connectivity index (χ2v) is 6.67. The van der Waals surface area contributed by atoms with Crippen molar-refractivity contribution in [2.45, 2.75) is 12.5 Å². The Morgan fingerprint density at radius 3 is 2.72 bits per heavy atom. The third-order valence-electron chi connectivity index (χ3n) is 5.27. The Labute approximate surface area is 146 Å². The van der Waals surface area contributed by atoms with E-state index >= 15 is 0 Å². The van der Waals surface area contributed by atoms with E-state index in [4.69, 9.17) is 4.74 Å². The Bertz CT molecular complexity index is 1080. The summed E-state index contributed by atoms with van der Waals surface area (Å²) in [6.45, 7) is 0.981. The fourth-order valence-electron chi connectivity index (χ4n) is 4.01. The molecule has 25 heavy (non-hydrogen) atoms. The van der Waals surface area contributed by atoms with Crippen molar-refractivity contribution in [3.05, 3.63) is 77.5 Å². The maximum absolute atomic E-state index is 5.41. The Balaban J connectivity index is 1.66. The molecule has 2 N–H and O–H groups in total. The number of benzene rings is 3.